The van der Waals surface area contributed by atoms with E-state index in [1.54, 1.807) is 19.1 Å². The molecule has 0 amide bonds. The topological polar surface area (TPSA) is 32.9 Å². The van der Waals surface area contributed by atoms with Gasteiger partial charge in [0, 0.05) is 22.2 Å². The van der Waals surface area contributed by atoms with Crippen LogP contribution in [-0.4, -0.2) is 11.3 Å². The molecule has 0 aliphatic heterocycles. The van der Waals surface area contributed by atoms with Crippen LogP contribution in [0.25, 0.3) is 10.9 Å². The van der Waals surface area contributed by atoms with Crippen molar-refractivity contribution >= 4 is 17.2 Å². The van der Waals surface area contributed by atoms with Crippen LogP contribution < -0.4 is 0 Å². The van der Waals surface area contributed by atoms with E-state index in [-0.39, 0.29) is 5.82 Å². The van der Waals surface area contributed by atoms with Crippen LogP contribution in [0, 0.1) is 12.7 Å². The molecule has 0 saturated carbocycles. The van der Waals surface area contributed by atoms with Gasteiger partial charge in [0.2, 0.25) is 0 Å². The first-order valence-electron chi connectivity index (χ1n) is 3.96. The summed E-state index contributed by atoms with van der Waals surface area (Å²) in [6.45, 7) is 1.75. The number of aromatic amines is 1. The number of fused-ring (bicyclic) bond motifs is 1. The molecule has 1 heterocycles. The fraction of sp³-hybridized carbons (Fsp3) is 0.100. The predicted octanol–water partition coefficient (Wildman–Crippen LogP) is 2.43. The molecule has 0 bridgehead atoms. The van der Waals surface area contributed by atoms with Crippen LogP contribution in [0.2, 0.25) is 0 Å². The van der Waals surface area contributed by atoms with Crippen molar-refractivity contribution in [3.63, 3.8) is 0 Å². The van der Waals surface area contributed by atoms with Gasteiger partial charge >= 0.3 is 0 Å². The lowest BCUT2D eigenvalue weighted by atomic mass is 10.1. The monoisotopic (exact) mass is 177 g/mol. The highest BCUT2D eigenvalue weighted by molar-refractivity contribution is 5.99. The standard InChI is InChI=1S/C10H8FNO/c1-6-7(5-13)10-8(11)3-2-4-9(10)12-6/h2-5,12H,1H3. The lowest BCUT2D eigenvalue weighted by molar-refractivity contribution is 0.112. The summed E-state index contributed by atoms with van der Waals surface area (Å²) < 4.78 is 13.3. The quantitative estimate of drug-likeness (QED) is 0.666. The Kier molecular flexibility index (Phi) is 1.65. The highest BCUT2D eigenvalue weighted by atomic mass is 19.1. The molecular weight excluding hydrogens is 169 g/mol. The highest BCUT2D eigenvalue weighted by Gasteiger charge is 2.10. The van der Waals surface area contributed by atoms with Crippen molar-refractivity contribution in [3.05, 3.63) is 35.3 Å². The molecule has 0 radical (unpaired) electrons. The number of hydrogen-bond acceptors (Lipinski definition) is 1. The van der Waals surface area contributed by atoms with Crippen molar-refractivity contribution in [1.29, 1.82) is 0 Å². The van der Waals surface area contributed by atoms with Crippen LogP contribution in [0.5, 0.6) is 0 Å². The number of benzene rings is 1. The van der Waals surface area contributed by atoms with Gasteiger partial charge in [-0.2, -0.15) is 0 Å². The van der Waals surface area contributed by atoms with Gasteiger partial charge in [0.05, 0.1) is 0 Å². The van der Waals surface area contributed by atoms with E-state index in [4.69, 9.17) is 0 Å². The van der Waals surface area contributed by atoms with Crippen LogP contribution >= 0.6 is 0 Å². The van der Waals surface area contributed by atoms with Crippen LogP contribution in [0.15, 0.2) is 18.2 Å². The van der Waals surface area contributed by atoms with E-state index < -0.39 is 0 Å². The van der Waals surface area contributed by atoms with Gasteiger partial charge in [-0.25, -0.2) is 4.39 Å². The molecule has 66 valence electrons. The van der Waals surface area contributed by atoms with E-state index in [0.717, 1.165) is 0 Å². The molecule has 0 fully saturated rings. The predicted molar refractivity (Wildman–Crippen MR) is 48.4 cm³/mol. The normalized spacial score (nSPS) is 10.6. The summed E-state index contributed by atoms with van der Waals surface area (Å²) in [6.07, 6.45) is 0.678. The summed E-state index contributed by atoms with van der Waals surface area (Å²) in [5, 5.41) is 0.384. The van der Waals surface area contributed by atoms with E-state index >= 15 is 0 Å². The Bertz CT molecular complexity index is 473. The molecule has 3 heteroatoms. The summed E-state index contributed by atoms with van der Waals surface area (Å²) in [5.41, 5.74) is 1.78. The van der Waals surface area contributed by atoms with Crippen LogP contribution in [0.1, 0.15) is 16.1 Å². The molecule has 13 heavy (non-hydrogen) atoms. The van der Waals surface area contributed by atoms with Gasteiger partial charge in [-0.15, -0.1) is 0 Å². The summed E-state index contributed by atoms with van der Waals surface area (Å²) in [4.78, 5) is 13.6. The van der Waals surface area contributed by atoms with E-state index in [1.165, 1.54) is 6.07 Å². The van der Waals surface area contributed by atoms with E-state index in [2.05, 4.69) is 4.98 Å². The van der Waals surface area contributed by atoms with Crippen LogP contribution in [0.4, 0.5) is 4.39 Å². The van der Waals surface area contributed by atoms with Crippen molar-refractivity contribution in [2.45, 2.75) is 6.92 Å². The van der Waals surface area contributed by atoms with Gasteiger partial charge in [0.25, 0.3) is 0 Å². The lowest BCUT2D eigenvalue weighted by Crippen LogP contribution is -1.82. The fourth-order valence-corrected chi connectivity index (χ4v) is 1.51. The summed E-state index contributed by atoms with van der Waals surface area (Å²) >= 11 is 0. The molecule has 2 nitrogen and oxygen atoms in total. The van der Waals surface area contributed by atoms with Crippen molar-refractivity contribution in [2.75, 3.05) is 0 Å². The minimum atomic E-state index is -0.357. The van der Waals surface area contributed by atoms with E-state index in [1.807, 2.05) is 0 Å². The largest absolute Gasteiger partial charge is 0.358 e. The zero-order valence-electron chi connectivity index (χ0n) is 7.10. The van der Waals surface area contributed by atoms with Gasteiger partial charge < -0.3 is 4.98 Å². The molecular formula is C10H8FNO. The first-order valence-corrected chi connectivity index (χ1v) is 3.96. The minimum absolute atomic E-state index is 0.357. The van der Waals surface area contributed by atoms with Crippen LogP contribution in [0.3, 0.4) is 0 Å². The van der Waals surface area contributed by atoms with Crippen molar-refractivity contribution in [3.8, 4) is 0 Å². The number of aromatic nitrogens is 1. The number of halogens is 1. The van der Waals surface area contributed by atoms with Crippen LogP contribution in [-0.2, 0) is 0 Å². The summed E-state index contributed by atoms with van der Waals surface area (Å²) in [6, 6.07) is 4.71. The molecule has 0 unspecified atom stereocenters. The molecule has 1 aromatic heterocycles. The Morgan fingerprint density at radius 1 is 1.46 bits per heavy atom. The average Bonchev–Trinajstić information content (AvgIpc) is 2.42. The Morgan fingerprint density at radius 3 is 2.92 bits per heavy atom. The average molecular weight is 177 g/mol. The third-order valence-electron chi connectivity index (χ3n) is 2.13. The molecule has 1 N–H and O–H groups in total. The summed E-state index contributed by atoms with van der Waals surface area (Å²) in [5.74, 6) is -0.357. The number of aryl methyl sites for hydroxylation is 1. The number of nitrogens with one attached hydrogen (secondary N) is 1. The van der Waals surface area contributed by atoms with Crippen molar-refractivity contribution in [1.82, 2.24) is 4.98 Å². The second-order valence-electron chi connectivity index (χ2n) is 2.94. The molecule has 0 saturated heterocycles. The Labute approximate surface area is 74.4 Å². The Hall–Kier alpha value is -1.64. The zero-order valence-corrected chi connectivity index (χ0v) is 7.10. The second kappa shape index (κ2) is 2.69. The number of hydrogen-bond donors (Lipinski definition) is 1. The van der Waals surface area contributed by atoms with Gasteiger partial charge in [-0.1, -0.05) is 6.07 Å². The van der Waals surface area contributed by atoms with Gasteiger partial charge in [-0.05, 0) is 19.1 Å². The lowest BCUT2D eigenvalue weighted by Gasteiger charge is -1.91. The van der Waals surface area contributed by atoms with Gasteiger partial charge in [0.15, 0.2) is 6.29 Å². The van der Waals surface area contributed by atoms with E-state index in [9.17, 15) is 9.18 Å². The number of carbonyl (C=O) groups excluding carboxylic acids is 1. The Balaban J connectivity index is 2.96. The molecule has 2 rings (SSSR count). The molecule has 2 aromatic rings. The maximum atomic E-state index is 13.3. The third-order valence-corrected chi connectivity index (χ3v) is 2.13. The van der Waals surface area contributed by atoms with Crippen molar-refractivity contribution < 1.29 is 9.18 Å². The molecule has 0 spiro atoms. The molecule has 0 aliphatic rings. The maximum absolute atomic E-state index is 13.3. The highest BCUT2D eigenvalue weighted by Crippen LogP contribution is 2.22. The minimum Gasteiger partial charge on any atom is -0.358 e. The fourth-order valence-electron chi connectivity index (χ4n) is 1.51. The first-order chi connectivity index (χ1) is 6.24. The summed E-state index contributed by atoms with van der Waals surface area (Å²) in [7, 11) is 0. The third kappa shape index (κ3) is 1.04. The van der Waals surface area contributed by atoms with Crippen molar-refractivity contribution in [2.24, 2.45) is 0 Å². The maximum Gasteiger partial charge on any atom is 0.152 e. The van der Waals surface area contributed by atoms with Gasteiger partial charge in [-0.3, -0.25) is 4.79 Å². The number of H-pyrrole nitrogens is 1. The first kappa shape index (κ1) is 7.98. The zero-order chi connectivity index (χ0) is 9.42. The van der Waals surface area contributed by atoms with E-state index in [0.29, 0.717) is 28.4 Å². The molecule has 0 aliphatic carbocycles. The number of aldehydes is 1. The molecule has 1 aromatic carbocycles. The van der Waals surface area contributed by atoms with Gasteiger partial charge in [0.1, 0.15) is 5.82 Å². The number of carbonyl (C=O) groups is 1. The molecule has 0 atom stereocenters. The second-order valence-corrected chi connectivity index (χ2v) is 2.94. The SMILES string of the molecule is Cc1[nH]c2cccc(F)c2c1C=O. The Morgan fingerprint density at radius 2 is 2.23 bits per heavy atom. The smallest absolute Gasteiger partial charge is 0.152 e. The number of rotatable bonds is 1.